The van der Waals surface area contributed by atoms with Gasteiger partial charge in [0.15, 0.2) is 0 Å². The van der Waals surface area contributed by atoms with Gasteiger partial charge < -0.3 is 15.7 Å². The van der Waals surface area contributed by atoms with Gasteiger partial charge in [-0.05, 0) is 24.8 Å². The molecule has 1 aliphatic rings. The monoisotopic (exact) mass is 240 g/mol. The van der Waals surface area contributed by atoms with Gasteiger partial charge in [0.05, 0.1) is 0 Å². The summed E-state index contributed by atoms with van der Waals surface area (Å²) in [5.41, 5.74) is 5.60. The van der Waals surface area contributed by atoms with Crippen molar-refractivity contribution in [2.24, 2.45) is 11.1 Å². The maximum absolute atomic E-state index is 12.0. The average molecular weight is 240 g/mol. The van der Waals surface area contributed by atoms with E-state index in [4.69, 9.17) is 10.8 Å². The van der Waals surface area contributed by atoms with E-state index in [1.807, 2.05) is 0 Å². The molecule has 1 saturated carbocycles. The Hall–Kier alpha value is -1.36. The van der Waals surface area contributed by atoms with E-state index in [0.717, 1.165) is 19.3 Å². The van der Waals surface area contributed by atoms with Crippen LogP contribution in [0, 0.1) is 5.41 Å². The number of carbonyl (C=O) groups is 2. The fourth-order valence-electron chi connectivity index (χ4n) is 2.14. The molecule has 1 rings (SSSR count). The van der Waals surface area contributed by atoms with Crippen molar-refractivity contribution in [2.75, 3.05) is 19.6 Å². The van der Waals surface area contributed by atoms with Crippen molar-refractivity contribution in [3.8, 4) is 0 Å². The van der Waals surface area contributed by atoms with Crippen molar-refractivity contribution >= 4 is 11.9 Å². The standard InChI is InChI=1S/C12H20N2O3/c1-2-6-14(8-11(16)17)10(15)7-12(9-13)4-3-5-12/h2H,1,3-9,13H2,(H,16,17). The van der Waals surface area contributed by atoms with E-state index >= 15 is 0 Å². The molecule has 0 atom stereocenters. The molecule has 0 radical (unpaired) electrons. The maximum atomic E-state index is 12.0. The fourth-order valence-corrected chi connectivity index (χ4v) is 2.14. The molecule has 0 saturated heterocycles. The number of nitrogens with two attached hydrogens (primary N) is 1. The Balaban J connectivity index is 2.57. The molecule has 96 valence electrons. The molecule has 0 unspecified atom stereocenters. The van der Waals surface area contributed by atoms with Gasteiger partial charge in [0.25, 0.3) is 0 Å². The summed E-state index contributed by atoms with van der Waals surface area (Å²) in [6, 6.07) is 0. The van der Waals surface area contributed by atoms with Crippen LogP contribution in [0.3, 0.4) is 0 Å². The van der Waals surface area contributed by atoms with Crippen molar-refractivity contribution in [1.82, 2.24) is 4.90 Å². The summed E-state index contributed by atoms with van der Waals surface area (Å²) in [5, 5.41) is 8.73. The van der Waals surface area contributed by atoms with Gasteiger partial charge in [-0.3, -0.25) is 9.59 Å². The highest BCUT2D eigenvalue weighted by Gasteiger charge is 2.38. The maximum Gasteiger partial charge on any atom is 0.323 e. The third kappa shape index (κ3) is 3.56. The van der Waals surface area contributed by atoms with Gasteiger partial charge in [-0.1, -0.05) is 12.5 Å². The molecule has 0 heterocycles. The smallest absolute Gasteiger partial charge is 0.323 e. The molecule has 5 heteroatoms. The number of amides is 1. The number of nitrogens with zero attached hydrogens (tertiary/aromatic N) is 1. The zero-order valence-electron chi connectivity index (χ0n) is 10.0. The van der Waals surface area contributed by atoms with E-state index in [1.54, 1.807) is 0 Å². The summed E-state index contributed by atoms with van der Waals surface area (Å²) in [5.74, 6) is -1.15. The molecule has 0 aromatic rings. The Morgan fingerprint density at radius 3 is 2.47 bits per heavy atom. The molecule has 0 aromatic carbocycles. The lowest BCUT2D eigenvalue weighted by Crippen LogP contribution is -2.44. The minimum atomic E-state index is -1.00. The number of carboxylic acids is 1. The number of hydrogen-bond donors (Lipinski definition) is 2. The Morgan fingerprint density at radius 2 is 2.12 bits per heavy atom. The van der Waals surface area contributed by atoms with Crippen LogP contribution in [0.25, 0.3) is 0 Å². The third-order valence-corrected chi connectivity index (χ3v) is 3.40. The van der Waals surface area contributed by atoms with Gasteiger partial charge in [0.1, 0.15) is 6.54 Å². The van der Waals surface area contributed by atoms with E-state index in [2.05, 4.69) is 6.58 Å². The summed E-state index contributed by atoms with van der Waals surface area (Å²) in [6.07, 6.45) is 4.92. The molecule has 3 N–H and O–H groups in total. The summed E-state index contributed by atoms with van der Waals surface area (Å²) in [6.45, 7) is 4.02. The Labute approximate surface area is 101 Å². The number of aliphatic carboxylic acids is 1. The molecule has 1 fully saturated rings. The second kappa shape index (κ2) is 5.82. The highest BCUT2D eigenvalue weighted by molar-refractivity contribution is 5.82. The van der Waals surface area contributed by atoms with Gasteiger partial charge in [-0.15, -0.1) is 6.58 Å². The Bertz CT molecular complexity index is 305. The second-order valence-corrected chi connectivity index (χ2v) is 4.69. The minimum Gasteiger partial charge on any atom is -0.480 e. The first-order chi connectivity index (χ1) is 8.03. The van der Waals surface area contributed by atoms with Crippen LogP contribution in [0.15, 0.2) is 12.7 Å². The number of rotatable bonds is 7. The van der Waals surface area contributed by atoms with E-state index in [1.165, 1.54) is 11.0 Å². The van der Waals surface area contributed by atoms with Crippen LogP contribution in [-0.4, -0.2) is 41.5 Å². The summed E-state index contributed by atoms with van der Waals surface area (Å²) in [4.78, 5) is 24.0. The molecule has 0 spiro atoms. The molecule has 1 aliphatic carbocycles. The van der Waals surface area contributed by atoms with Crippen molar-refractivity contribution in [2.45, 2.75) is 25.7 Å². The highest BCUT2D eigenvalue weighted by Crippen LogP contribution is 2.43. The van der Waals surface area contributed by atoms with Gasteiger partial charge in [-0.2, -0.15) is 0 Å². The fraction of sp³-hybridized carbons (Fsp3) is 0.667. The topological polar surface area (TPSA) is 83.6 Å². The molecule has 0 aliphatic heterocycles. The van der Waals surface area contributed by atoms with Crippen LogP contribution in [0.1, 0.15) is 25.7 Å². The zero-order valence-corrected chi connectivity index (χ0v) is 10.0. The molecule has 5 nitrogen and oxygen atoms in total. The van der Waals surface area contributed by atoms with E-state index in [0.29, 0.717) is 13.0 Å². The van der Waals surface area contributed by atoms with Gasteiger partial charge in [0.2, 0.25) is 5.91 Å². The lowest BCUT2D eigenvalue weighted by Gasteiger charge is -2.41. The van der Waals surface area contributed by atoms with Crippen LogP contribution >= 0.6 is 0 Å². The predicted octanol–water partition coefficient (Wildman–Crippen LogP) is 0.605. The van der Waals surface area contributed by atoms with Gasteiger partial charge >= 0.3 is 5.97 Å². The summed E-state index contributed by atoms with van der Waals surface area (Å²) < 4.78 is 0. The van der Waals surface area contributed by atoms with Crippen molar-refractivity contribution in [1.29, 1.82) is 0 Å². The van der Waals surface area contributed by atoms with Crippen LogP contribution < -0.4 is 5.73 Å². The number of hydrogen-bond acceptors (Lipinski definition) is 3. The number of carboxylic acid groups (broad SMARTS) is 1. The first kappa shape index (κ1) is 13.7. The Morgan fingerprint density at radius 1 is 1.47 bits per heavy atom. The molecule has 0 bridgehead atoms. The van der Waals surface area contributed by atoms with Crippen LogP contribution in [0.2, 0.25) is 0 Å². The van der Waals surface area contributed by atoms with E-state index in [9.17, 15) is 9.59 Å². The van der Waals surface area contributed by atoms with Crippen LogP contribution in [-0.2, 0) is 9.59 Å². The third-order valence-electron chi connectivity index (χ3n) is 3.40. The summed E-state index contributed by atoms with van der Waals surface area (Å²) in [7, 11) is 0. The normalized spacial score (nSPS) is 17.0. The summed E-state index contributed by atoms with van der Waals surface area (Å²) >= 11 is 0. The predicted molar refractivity (Wildman–Crippen MR) is 64.4 cm³/mol. The SMILES string of the molecule is C=CCN(CC(=O)O)C(=O)CC1(CN)CCC1. The average Bonchev–Trinajstić information content (AvgIpc) is 2.22. The highest BCUT2D eigenvalue weighted by atomic mass is 16.4. The van der Waals surface area contributed by atoms with Crippen LogP contribution in [0.4, 0.5) is 0 Å². The molecule has 1 amide bonds. The molecular weight excluding hydrogens is 220 g/mol. The lowest BCUT2D eigenvalue weighted by molar-refractivity contribution is -0.145. The van der Waals surface area contributed by atoms with Crippen LogP contribution in [0.5, 0.6) is 0 Å². The molecule has 17 heavy (non-hydrogen) atoms. The van der Waals surface area contributed by atoms with E-state index in [-0.39, 0.29) is 24.4 Å². The first-order valence-electron chi connectivity index (χ1n) is 5.83. The minimum absolute atomic E-state index is 0.0883. The van der Waals surface area contributed by atoms with Gasteiger partial charge in [0, 0.05) is 13.0 Å². The largest absolute Gasteiger partial charge is 0.480 e. The van der Waals surface area contributed by atoms with Crippen molar-refractivity contribution in [3.05, 3.63) is 12.7 Å². The first-order valence-corrected chi connectivity index (χ1v) is 5.83. The van der Waals surface area contributed by atoms with Crippen molar-refractivity contribution in [3.63, 3.8) is 0 Å². The molecular formula is C12H20N2O3. The lowest BCUT2D eigenvalue weighted by atomic mass is 9.66. The quantitative estimate of drug-likeness (QED) is 0.638. The zero-order chi connectivity index (χ0) is 12.9. The second-order valence-electron chi connectivity index (χ2n) is 4.69. The molecule has 0 aromatic heterocycles. The van der Waals surface area contributed by atoms with Gasteiger partial charge in [-0.25, -0.2) is 0 Å². The Kier molecular flexibility index (Phi) is 4.69. The van der Waals surface area contributed by atoms with E-state index < -0.39 is 5.97 Å². The van der Waals surface area contributed by atoms with Crippen molar-refractivity contribution < 1.29 is 14.7 Å². The number of carbonyl (C=O) groups excluding carboxylic acids is 1.